The van der Waals surface area contributed by atoms with Crippen LogP contribution in [0, 0.1) is 13.8 Å². The number of methoxy groups -OCH3 is 2. The van der Waals surface area contributed by atoms with Crippen LogP contribution in [0.3, 0.4) is 0 Å². The average Bonchev–Trinajstić information content (AvgIpc) is 2.82. The Balaban J connectivity index is 2.18. The SMILES string of the molecule is COc1cc(C)c(NCc2cn[nH]c2C)cc1OC. The third-order valence-corrected chi connectivity index (χ3v) is 3.13. The van der Waals surface area contributed by atoms with Crippen molar-refractivity contribution in [1.82, 2.24) is 10.2 Å². The van der Waals surface area contributed by atoms with Gasteiger partial charge in [-0.2, -0.15) is 5.10 Å². The van der Waals surface area contributed by atoms with Crippen molar-refractivity contribution in [1.29, 1.82) is 0 Å². The predicted molar refractivity (Wildman–Crippen MR) is 74.9 cm³/mol. The Labute approximate surface area is 112 Å². The minimum atomic E-state index is 0.721. The summed E-state index contributed by atoms with van der Waals surface area (Å²) in [6, 6.07) is 3.91. The van der Waals surface area contributed by atoms with Gasteiger partial charge >= 0.3 is 0 Å². The number of aromatic nitrogens is 2. The Hall–Kier alpha value is -2.17. The number of nitrogens with one attached hydrogen (secondary N) is 2. The van der Waals surface area contributed by atoms with Gasteiger partial charge in [0.15, 0.2) is 11.5 Å². The number of hydrogen-bond acceptors (Lipinski definition) is 4. The molecule has 19 heavy (non-hydrogen) atoms. The van der Waals surface area contributed by atoms with Crippen LogP contribution in [0.1, 0.15) is 16.8 Å². The summed E-state index contributed by atoms with van der Waals surface area (Å²) in [4.78, 5) is 0. The summed E-state index contributed by atoms with van der Waals surface area (Å²) < 4.78 is 10.6. The first-order valence-corrected chi connectivity index (χ1v) is 6.11. The molecule has 0 amide bonds. The molecule has 0 aliphatic heterocycles. The summed E-state index contributed by atoms with van der Waals surface area (Å²) >= 11 is 0. The second kappa shape index (κ2) is 5.65. The van der Waals surface area contributed by atoms with E-state index in [1.165, 1.54) is 0 Å². The van der Waals surface area contributed by atoms with Crippen molar-refractivity contribution in [3.05, 3.63) is 35.2 Å². The normalized spacial score (nSPS) is 10.3. The molecule has 0 aliphatic carbocycles. The molecule has 0 saturated carbocycles. The highest BCUT2D eigenvalue weighted by Gasteiger charge is 2.09. The van der Waals surface area contributed by atoms with Crippen molar-refractivity contribution < 1.29 is 9.47 Å². The lowest BCUT2D eigenvalue weighted by Crippen LogP contribution is -2.02. The Morgan fingerprint density at radius 3 is 2.42 bits per heavy atom. The van der Waals surface area contributed by atoms with Crippen LogP contribution in [0.15, 0.2) is 18.3 Å². The number of anilines is 1. The molecule has 0 bridgehead atoms. The summed E-state index contributed by atoms with van der Waals surface area (Å²) in [5.74, 6) is 1.46. The Morgan fingerprint density at radius 1 is 1.16 bits per heavy atom. The Kier molecular flexibility index (Phi) is 3.94. The minimum Gasteiger partial charge on any atom is -0.493 e. The lowest BCUT2D eigenvalue weighted by molar-refractivity contribution is 0.355. The second-order valence-electron chi connectivity index (χ2n) is 4.40. The third kappa shape index (κ3) is 2.81. The summed E-state index contributed by atoms with van der Waals surface area (Å²) in [7, 11) is 3.27. The number of H-pyrrole nitrogens is 1. The zero-order chi connectivity index (χ0) is 13.8. The van der Waals surface area contributed by atoms with Crippen LogP contribution in [-0.4, -0.2) is 24.4 Å². The number of aromatic amines is 1. The lowest BCUT2D eigenvalue weighted by Gasteiger charge is -2.14. The predicted octanol–water partition coefficient (Wildman–Crippen LogP) is 2.66. The Bertz CT molecular complexity index is 564. The molecule has 1 aromatic carbocycles. The number of hydrogen-bond donors (Lipinski definition) is 2. The van der Waals surface area contributed by atoms with Crippen molar-refractivity contribution in [2.75, 3.05) is 19.5 Å². The molecule has 0 saturated heterocycles. The van der Waals surface area contributed by atoms with E-state index in [0.29, 0.717) is 0 Å². The number of ether oxygens (including phenoxy) is 2. The van der Waals surface area contributed by atoms with Gasteiger partial charge in [0.2, 0.25) is 0 Å². The van der Waals surface area contributed by atoms with E-state index in [1.807, 2.05) is 32.2 Å². The van der Waals surface area contributed by atoms with E-state index in [0.717, 1.165) is 40.6 Å². The maximum Gasteiger partial charge on any atom is 0.162 e. The molecule has 1 heterocycles. The second-order valence-corrected chi connectivity index (χ2v) is 4.40. The molecule has 2 N–H and O–H groups in total. The zero-order valence-electron chi connectivity index (χ0n) is 11.7. The molecule has 5 nitrogen and oxygen atoms in total. The summed E-state index contributed by atoms with van der Waals surface area (Å²) in [6.45, 7) is 4.76. The molecule has 0 spiro atoms. The van der Waals surface area contributed by atoms with E-state index in [4.69, 9.17) is 9.47 Å². The van der Waals surface area contributed by atoms with E-state index in [1.54, 1.807) is 14.2 Å². The van der Waals surface area contributed by atoms with Gasteiger partial charge < -0.3 is 14.8 Å². The van der Waals surface area contributed by atoms with Gasteiger partial charge in [0.1, 0.15) is 0 Å². The molecule has 1 aromatic heterocycles. The maximum atomic E-state index is 5.31. The monoisotopic (exact) mass is 261 g/mol. The zero-order valence-corrected chi connectivity index (χ0v) is 11.7. The van der Waals surface area contributed by atoms with E-state index in [-0.39, 0.29) is 0 Å². The highest BCUT2D eigenvalue weighted by Crippen LogP contribution is 2.33. The first kappa shape index (κ1) is 13.3. The van der Waals surface area contributed by atoms with Crippen LogP contribution in [0.5, 0.6) is 11.5 Å². The fraction of sp³-hybridized carbons (Fsp3) is 0.357. The number of benzene rings is 1. The minimum absolute atomic E-state index is 0.721. The summed E-state index contributed by atoms with van der Waals surface area (Å²) in [6.07, 6.45) is 1.83. The van der Waals surface area contributed by atoms with Crippen molar-refractivity contribution in [2.45, 2.75) is 20.4 Å². The fourth-order valence-electron chi connectivity index (χ4n) is 1.92. The largest absolute Gasteiger partial charge is 0.493 e. The first-order valence-electron chi connectivity index (χ1n) is 6.11. The van der Waals surface area contributed by atoms with Gasteiger partial charge in [-0.15, -0.1) is 0 Å². The smallest absolute Gasteiger partial charge is 0.162 e. The fourth-order valence-corrected chi connectivity index (χ4v) is 1.92. The van der Waals surface area contributed by atoms with Gasteiger partial charge in [-0.25, -0.2) is 0 Å². The van der Waals surface area contributed by atoms with Gasteiger partial charge in [-0.1, -0.05) is 0 Å². The molecule has 5 heteroatoms. The van der Waals surface area contributed by atoms with E-state index < -0.39 is 0 Å². The van der Waals surface area contributed by atoms with Gasteiger partial charge in [0.05, 0.1) is 20.4 Å². The molecule has 0 fully saturated rings. The molecule has 0 atom stereocenters. The highest BCUT2D eigenvalue weighted by atomic mass is 16.5. The summed E-state index contributed by atoms with van der Waals surface area (Å²) in [5, 5.41) is 10.3. The molecule has 2 rings (SSSR count). The number of aryl methyl sites for hydroxylation is 2. The Morgan fingerprint density at radius 2 is 1.84 bits per heavy atom. The quantitative estimate of drug-likeness (QED) is 0.868. The average molecular weight is 261 g/mol. The van der Waals surface area contributed by atoms with Crippen LogP contribution in [0.4, 0.5) is 5.69 Å². The standard InChI is InChI=1S/C14H19N3O2/c1-9-5-13(18-3)14(19-4)6-12(9)15-7-11-8-16-17-10(11)2/h5-6,8,15H,7H2,1-4H3,(H,16,17). The third-order valence-electron chi connectivity index (χ3n) is 3.13. The van der Waals surface area contributed by atoms with Gasteiger partial charge in [0.25, 0.3) is 0 Å². The van der Waals surface area contributed by atoms with Crippen LogP contribution in [0.25, 0.3) is 0 Å². The van der Waals surface area contributed by atoms with Gasteiger partial charge in [0, 0.05) is 29.6 Å². The van der Waals surface area contributed by atoms with Crippen molar-refractivity contribution in [3.8, 4) is 11.5 Å². The van der Waals surface area contributed by atoms with Crippen LogP contribution in [-0.2, 0) is 6.54 Å². The van der Waals surface area contributed by atoms with E-state index in [2.05, 4.69) is 15.5 Å². The van der Waals surface area contributed by atoms with Crippen molar-refractivity contribution in [2.24, 2.45) is 0 Å². The first-order chi connectivity index (χ1) is 9.15. The lowest BCUT2D eigenvalue weighted by atomic mass is 10.1. The molecule has 102 valence electrons. The van der Waals surface area contributed by atoms with Crippen molar-refractivity contribution >= 4 is 5.69 Å². The van der Waals surface area contributed by atoms with E-state index >= 15 is 0 Å². The summed E-state index contributed by atoms with van der Waals surface area (Å²) in [5.41, 5.74) is 4.36. The van der Waals surface area contributed by atoms with Crippen LogP contribution < -0.4 is 14.8 Å². The molecule has 2 aromatic rings. The van der Waals surface area contributed by atoms with Gasteiger partial charge in [-0.3, -0.25) is 5.10 Å². The molecule has 0 unspecified atom stereocenters. The molecular weight excluding hydrogens is 242 g/mol. The molecule has 0 aliphatic rings. The van der Waals surface area contributed by atoms with Crippen molar-refractivity contribution in [3.63, 3.8) is 0 Å². The maximum absolute atomic E-state index is 5.31. The topological polar surface area (TPSA) is 59.2 Å². The number of nitrogens with zero attached hydrogens (tertiary/aromatic N) is 1. The number of rotatable bonds is 5. The highest BCUT2D eigenvalue weighted by molar-refractivity contribution is 5.60. The molecular formula is C14H19N3O2. The molecule has 0 radical (unpaired) electrons. The van der Waals surface area contributed by atoms with Crippen LogP contribution >= 0.6 is 0 Å². The van der Waals surface area contributed by atoms with E-state index in [9.17, 15) is 0 Å². The van der Waals surface area contributed by atoms with Crippen LogP contribution in [0.2, 0.25) is 0 Å². The van der Waals surface area contributed by atoms with Gasteiger partial charge in [-0.05, 0) is 25.5 Å².